The first kappa shape index (κ1) is 16.6. The third-order valence-electron chi connectivity index (χ3n) is 3.18. The summed E-state index contributed by atoms with van der Waals surface area (Å²) in [5.74, 6) is 0.0269. The third kappa shape index (κ3) is 4.11. The molecule has 0 saturated carbocycles. The number of hydrogen-bond donors (Lipinski definition) is 2. The number of likely N-dealkylation sites (N-methyl/N-ethyl adjacent to an activating group) is 1. The first-order chi connectivity index (χ1) is 10.4. The highest BCUT2D eigenvalue weighted by Gasteiger charge is 2.17. The van der Waals surface area contributed by atoms with Crippen LogP contribution in [0.15, 0.2) is 10.9 Å². The summed E-state index contributed by atoms with van der Waals surface area (Å²) in [4.78, 5) is 29.8. The van der Waals surface area contributed by atoms with Gasteiger partial charge in [0.2, 0.25) is 4.96 Å². The van der Waals surface area contributed by atoms with E-state index in [-0.39, 0.29) is 17.5 Å². The van der Waals surface area contributed by atoms with Crippen LogP contribution in [0.4, 0.5) is 0 Å². The van der Waals surface area contributed by atoms with Gasteiger partial charge in [0.15, 0.2) is 11.6 Å². The van der Waals surface area contributed by atoms with Crippen LogP contribution in [0.2, 0.25) is 0 Å². The minimum Gasteiger partial charge on any atom is -0.349 e. The van der Waals surface area contributed by atoms with Crippen LogP contribution in [-0.4, -0.2) is 39.6 Å². The molecule has 0 aliphatic rings. The average Bonchev–Trinajstić information content (AvgIpc) is 2.79. The smallest absolute Gasteiger partial charge is 0.275 e. The quantitative estimate of drug-likeness (QED) is 0.743. The van der Waals surface area contributed by atoms with Gasteiger partial charge >= 0.3 is 0 Å². The molecule has 2 aromatic rings. The molecule has 2 rings (SSSR count). The number of rotatable bonds is 6. The Morgan fingerprint density at radius 3 is 2.86 bits per heavy atom. The van der Waals surface area contributed by atoms with Gasteiger partial charge < -0.3 is 10.2 Å². The molecule has 1 amide bonds. The lowest BCUT2D eigenvalue weighted by molar-refractivity contribution is -0.904. The van der Waals surface area contributed by atoms with E-state index in [0.717, 1.165) is 16.5 Å². The fourth-order valence-corrected chi connectivity index (χ4v) is 3.17. The molecular weight excluding hydrogens is 302 g/mol. The summed E-state index contributed by atoms with van der Waals surface area (Å²) in [6, 6.07) is 1.61. The Bertz CT molecular complexity index is 722. The van der Waals surface area contributed by atoms with E-state index >= 15 is 0 Å². The van der Waals surface area contributed by atoms with Crippen LogP contribution in [0.1, 0.15) is 31.5 Å². The molecule has 7 nitrogen and oxygen atoms in total. The molecule has 0 radical (unpaired) electrons. The summed E-state index contributed by atoms with van der Waals surface area (Å²) < 4.78 is 1.33. The zero-order valence-electron chi connectivity index (χ0n) is 13.3. The van der Waals surface area contributed by atoms with Crippen LogP contribution < -0.4 is 15.8 Å². The summed E-state index contributed by atoms with van der Waals surface area (Å²) in [5.41, 5.74) is 0.525. The van der Waals surface area contributed by atoms with E-state index in [9.17, 15) is 9.59 Å². The van der Waals surface area contributed by atoms with Gasteiger partial charge in [-0.15, -0.1) is 0 Å². The standard InChI is InChI=1S/C14H21N5O2S/c1-5-18(7-11(20)15-9(2)3)8-12-17-19-13(21)6-10(4)16-14(19)22-12/h6,9H,5,7-8H2,1-4H3,(H,15,20)/p+1. The van der Waals surface area contributed by atoms with Crippen molar-refractivity contribution < 1.29 is 9.69 Å². The molecular formula is C14H22N5O2S+. The van der Waals surface area contributed by atoms with Gasteiger partial charge in [-0.25, -0.2) is 4.98 Å². The summed E-state index contributed by atoms with van der Waals surface area (Å²) in [6.45, 7) is 9.51. The molecule has 0 spiro atoms. The molecule has 0 saturated heterocycles. The van der Waals surface area contributed by atoms with Crippen molar-refractivity contribution in [1.29, 1.82) is 0 Å². The highest BCUT2D eigenvalue weighted by Crippen LogP contribution is 2.09. The predicted octanol–water partition coefficient (Wildman–Crippen LogP) is -0.611. The van der Waals surface area contributed by atoms with Crippen LogP contribution in [0.5, 0.6) is 0 Å². The van der Waals surface area contributed by atoms with Gasteiger partial charge in [0.25, 0.3) is 11.5 Å². The molecule has 2 N–H and O–H groups in total. The molecule has 0 bridgehead atoms. The van der Waals surface area contributed by atoms with Crippen molar-refractivity contribution in [2.45, 2.75) is 40.3 Å². The van der Waals surface area contributed by atoms with Crippen molar-refractivity contribution in [1.82, 2.24) is 19.9 Å². The number of nitrogens with zero attached hydrogens (tertiary/aromatic N) is 3. The van der Waals surface area contributed by atoms with Crippen molar-refractivity contribution in [2.24, 2.45) is 0 Å². The maximum Gasteiger partial charge on any atom is 0.275 e. The average molecular weight is 324 g/mol. The van der Waals surface area contributed by atoms with E-state index in [0.29, 0.717) is 23.7 Å². The Balaban J connectivity index is 2.13. The number of amides is 1. The van der Waals surface area contributed by atoms with Gasteiger partial charge in [-0.05, 0) is 27.7 Å². The maximum atomic E-state index is 11.9. The first-order valence-electron chi connectivity index (χ1n) is 7.38. The first-order valence-corrected chi connectivity index (χ1v) is 8.20. The van der Waals surface area contributed by atoms with E-state index in [1.807, 2.05) is 20.8 Å². The van der Waals surface area contributed by atoms with Crippen LogP contribution in [-0.2, 0) is 11.3 Å². The minimum absolute atomic E-state index is 0.0269. The Labute approximate surface area is 133 Å². The van der Waals surface area contributed by atoms with Gasteiger partial charge in [0.1, 0.15) is 6.54 Å². The van der Waals surface area contributed by atoms with Crippen LogP contribution in [0.3, 0.4) is 0 Å². The lowest BCUT2D eigenvalue weighted by Crippen LogP contribution is -3.11. The number of carbonyl (C=O) groups is 1. The molecule has 2 aromatic heterocycles. The SMILES string of the molecule is CC[NH+](CC(=O)NC(C)C)Cc1nn2c(=O)cc(C)nc2s1. The largest absolute Gasteiger partial charge is 0.349 e. The second-order valence-electron chi connectivity index (χ2n) is 5.61. The zero-order valence-corrected chi connectivity index (χ0v) is 14.2. The molecule has 1 unspecified atom stereocenters. The van der Waals surface area contributed by atoms with Gasteiger partial charge in [-0.1, -0.05) is 11.3 Å². The van der Waals surface area contributed by atoms with Crippen molar-refractivity contribution >= 4 is 22.2 Å². The summed E-state index contributed by atoms with van der Waals surface area (Å²) in [6.07, 6.45) is 0. The molecule has 8 heteroatoms. The van der Waals surface area contributed by atoms with Crippen molar-refractivity contribution in [2.75, 3.05) is 13.1 Å². The normalized spacial score (nSPS) is 12.8. The van der Waals surface area contributed by atoms with Crippen LogP contribution >= 0.6 is 11.3 Å². The zero-order chi connectivity index (χ0) is 16.3. The van der Waals surface area contributed by atoms with E-state index in [4.69, 9.17) is 0 Å². The summed E-state index contributed by atoms with van der Waals surface area (Å²) in [7, 11) is 0. The minimum atomic E-state index is -0.166. The molecule has 0 aromatic carbocycles. The Morgan fingerprint density at radius 1 is 1.50 bits per heavy atom. The fraction of sp³-hybridized carbons (Fsp3) is 0.571. The fourth-order valence-electron chi connectivity index (χ4n) is 2.16. The summed E-state index contributed by atoms with van der Waals surface area (Å²) >= 11 is 1.40. The number of aromatic nitrogens is 3. The molecule has 120 valence electrons. The monoisotopic (exact) mass is 324 g/mol. The Hall–Kier alpha value is -1.80. The lowest BCUT2D eigenvalue weighted by Gasteiger charge is -2.16. The van der Waals surface area contributed by atoms with Crippen LogP contribution in [0, 0.1) is 6.92 Å². The van der Waals surface area contributed by atoms with Gasteiger partial charge in [0.05, 0.1) is 6.54 Å². The molecule has 0 aliphatic carbocycles. The Morgan fingerprint density at radius 2 is 2.23 bits per heavy atom. The van der Waals surface area contributed by atoms with E-state index in [2.05, 4.69) is 15.4 Å². The van der Waals surface area contributed by atoms with E-state index < -0.39 is 0 Å². The van der Waals surface area contributed by atoms with Crippen molar-refractivity contribution in [3.63, 3.8) is 0 Å². The topological polar surface area (TPSA) is 80.8 Å². The second-order valence-corrected chi connectivity index (χ2v) is 6.65. The molecule has 0 aliphatic heterocycles. The number of nitrogens with one attached hydrogen (secondary N) is 2. The van der Waals surface area contributed by atoms with E-state index in [1.165, 1.54) is 21.9 Å². The maximum absolute atomic E-state index is 11.9. The van der Waals surface area contributed by atoms with E-state index in [1.54, 1.807) is 6.92 Å². The molecule has 22 heavy (non-hydrogen) atoms. The highest BCUT2D eigenvalue weighted by atomic mass is 32.1. The number of carbonyl (C=O) groups excluding carboxylic acids is 1. The van der Waals surface area contributed by atoms with Crippen molar-refractivity contribution in [3.8, 4) is 0 Å². The molecule has 0 fully saturated rings. The second kappa shape index (κ2) is 6.97. The van der Waals surface area contributed by atoms with Gasteiger partial charge in [-0.3, -0.25) is 9.59 Å². The van der Waals surface area contributed by atoms with Crippen LogP contribution in [0.25, 0.3) is 4.96 Å². The van der Waals surface area contributed by atoms with Gasteiger partial charge in [-0.2, -0.15) is 9.61 Å². The number of aryl methyl sites for hydroxylation is 1. The summed E-state index contributed by atoms with van der Waals surface area (Å²) in [5, 5.41) is 8.02. The third-order valence-corrected chi connectivity index (χ3v) is 4.08. The number of fused-ring (bicyclic) bond motifs is 1. The number of quaternary nitrogens is 1. The van der Waals surface area contributed by atoms with Gasteiger partial charge in [0, 0.05) is 17.8 Å². The number of hydrogen-bond acceptors (Lipinski definition) is 5. The highest BCUT2D eigenvalue weighted by molar-refractivity contribution is 7.16. The predicted molar refractivity (Wildman–Crippen MR) is 85.2 cm³/mol. The van der Waals surface area contributed by atoms with Crippen molar-refractivity contribution in [3.05, 3.63) is 27.1 Å². The Kier molecular flexibility index (Phi) is 5.25. The molecule has 1 atom stereocenters. The lowest BCUT2D eigenvalue weighted by atomic mass is 10.3. The molecule has 2 heterocycles.